The highest BCUT2D eigenvalue weighted by atomic mass is 16.5. The monoisotopic (exact) mass is 110 g/mol. The second-order valence-electron chi connectivity index (χ2n) is 1.56. The van der Waals surface area contributed by atoms with Crippen molar-refractivity contribution in [1.29, 1.82) is 0 Å². The van der Waals surface area contributed by atoms with E-state index < -0.39 is 0 Å². The fraction of sp³-hybridized carbons (Fsp3) is 0.200. The van der Waals surface area contributed by atoms with Gasteiger partial charge in [0.1, 0.15) is 0 Å². The molecule has 0 fully saturated rings. The predicted octanol–water partition coefficient (Wildman–Crippen LogP) is 1.10. The van der Waals surface area contributed by atoms with Crippen LogP contribution in [0.2, 0.25) is 0 Å². The fourth-order valence-electron chi connectivity index (χ4n) is 0.355. The number of rotatable bonds is 1. The van der Waals surface area contributed by atoms with Gasteiger partial charge >= 0.3 is 0 Å². The molecule has 0 aliphatic carbocycles. The molecular formula is C5H6N2O. The van der Waals surface area contributed by atoms with Crippen LogP contribution in [-0.2, 0) is 0 Å². The van der Waals surface area contributed by atoms with Gasteiger partial charge < -0.3 is 4.52 Å². The van der Waals surface area contributed by atoms with E-state index in [9.17, 15) is 0 Å². The molecule has 3 heteroatoms. The Kier molecular flexibility index (Phi) is 1.12. The van der Waals surface area contributed by atoms with E-state index in [0.717, 1.165) is 5.57 Å². The summed E-state index contributed by atoms with van der Waals surface area (Å²) in [6.07, 6.45) is 1.53. The van der Waals surface area contributed by atoms with Gasteiger partial charge in [-0.15, -0.1) is 5.10 Å². The second kappa shape index (κ2) is 1.78. The SMILES string of the molecule is C=C(C)c1cnno1. The van der Waals surface area contributed by atoms with Crippen molar-refractivity contribution in [2.24, 2.45) is 0 Å². The van der Waals surface area contributed by atoms with Crippen LogP contribution in [0.1, 0.15) is 12.7 Å². The first kappa shape index (κ1) is 5.03. The van der Waals surface area contributed by atoms with Crippen LogP contribution < -0.4 is 0 Å². The van der Waals surface area contributed by atoms with Crippen LogP contribution in [0.15, 0.2) is 17.3 Å². The van der Waals surface area contributed by atoms with Gasteiger partial charge in [0.05, 0.1) is 6.20 Å². The van der Waals surface area contributed by atoms with Crippen LogP contribution in [0.4, 0.5) is 0 Å². The number of hydrogen-bond donors (Lipinski definition) is 0. The van der Waals surface area contributed by atoms with Crippen molar-refractivity contribution in [2.45, 2.75) is 6.92 Å². The van der Waals surface area contributed by atoms with E-state index in [1.807, 2.05) is 6.92 Å². The minimum Gasteiger partial charge on any atom is -0.337 e. The van der Waals surface area contributed by atoms with Crippen molar-refractivity contribution in [2.75, 3.05) is 0 Å². The molecule has 0 amide bonds. The van der Waals surface area contributed by atoms with Crippen molar-refractivity contribution in [3.05, 3.63) is 18.5 Å². The van der Waals surface area contributed by atoms with Gasteiger partial charge in [-0.2, -0.15) is 0 Å². The van der Waals surface area contributed by atoms with E-state index in [1.165, 1.54) is 6.20 Å². The highest BCUT2D eigenvalue weighted by molar-refractivity contribution is 5.54. The third kappa shape index (κ3) is 0.753. The Morgan fingerprint density at radius 1 is 1.88 bits per heavy atom. The number of nitrogens with zero attached hydrogens (tertiary/aromatic N) is 2. The Morgan fingerprint density at radius 2 is 2.62 bits per heavy atom. The van der Waals surface area contributed by atoms with Gasteiger partial charge in [0.2, 0.25) is 0 Å². The Balaban J connectivity index is 2.93. The quantitative estimate of drug-likeness (QED) is 0.543. The van der Waals surface area contributed by atoms with Crippen LogP contribution in [0, 0.1) is 0 Å². The number of allylic oxidation sites excluding steroid dienone is 1. The lowest BCUT2D eigenvalue weighted by Gasteiger charge is -1.82. The minimum absolute atomic E-state index is 0.644. The van der Waals surface area contributed by atoms with E-state index >= 15 is 0 Å². The maximum Gasteiger partial charge on any atom is 0.182 e. The molecule has 1 rings (SSSR count). The smallest absolute Gasteiger partial charge is 0.182 e. The van der Waals surface area contributed by atoms with Gasteiger partial charge in [-0.25, -0.2) is 0 Å². The summed E-state index contributed by atoms with van der Waals surface area (Å²) in [5.74, 6) is 0.644. The maximum atomic E-state index is 4.63. The molecule has 1 aromatic rings. The average Bonchev–Trinajstić information content (AvgIpc) is 2.12. The molecule has 0 bridgehead atoms. The lowest BCUT2D eigenvalue weighted by Crippen LogP contribution is -1.66. The van der Waals surface area contributed by atoms with Gasteiger partial charge in [0.25, 0.3) is 0 Å². The van der Waals surface area contributed by atoms with Gasteiger partial charge in [0.15, 0.2) is 5.76 Å². The summed E-state index contributed by atoms with van der Waals surface area (Å²) in [5.41, 5.74) is 0.843. The molecule has 0 spiro atoms. The molecule has 3 nitrogen and oxygen atoms in total. The topological polar surface area (TPSA) is 38.9 Å². The van der Waals surface area contributed by atoms with Crippen molar-refractivity contribution in [1.82, 2.24) is 10.4 Å². The summed E-state index contributed by atoms with van der Waals surface area (Å²) >= 11 is 0. The fourth-order valence-corrected chi connectivity index (χ4v) is 0.355. The molecule has 0 radical (unpaired) electrons. The Morgan fingerprint density at radius 3 is 2.88 bits per heavy atom. The number of hydrogen-bond acceptors (Lipinski definition) is 3. The Bertz CT molecular complexity index is 178. The predicted molar refractivity (Wildman–Crippen MR) is 29.0 cm³/mol. The molecule has 0 N–H and O–H groups in total. The lowest BCUT2D eigenvalue weighted by molar-refractivity contribution is 0.384. The summed E-state index contributed by atoms with van der Waals surface area (Å²) in [5, 5.41) is 6.72. The van der Waals surface area contributed by atoms with Gasteiger partial charge in [-0.3, -0.25) is 0 Å². The second-order valence-corrected chi connectivity index (χ2v) is 1.56. The Hall–Kier alpha value is -1.12. The van der Waals surface area contributed by atoms with Crippen LogP contribution in [-0.4, -0.2) is 10.4 Å². The normalized spacial score (nSPS) is 9.12. The maximum absolute atomic E-state index is 4.63. The first-order chi connectivity index (χ1) is 3.80. The summed E-state index contributed by atoms with van der Waals surface area (Å²) in [7, 11) is 0. The van der Waals surface area contributed by atoms with E-state index in [2.05, 4.69) is 21.5 Å². The number of aromatic nitrogens is 2. The van der Waals surface area contributed by atoms with Crippen LogP contribution >= 0.6 is 0 Å². The van der Waals surface area contributed by atoms with E-state index in [-0.39, 0.29) is 0 Å². The molecule has 0 saturated carbocycles. The lowest BCUT2D eigenvalue weighted by atomic mass is 10.3. The minimum atomic E-state index is 0.644. The first-order valence-corrected chi connectivity index (χ1v) is 2.24. The molecule has 0 aromatic carbocycles. The van der Waals surface area contributed by atoms with Gasteiger partial charge in [0, 0.05) is 5.27 Å². The zero-order valence-corrected chi connectivity index (χ0v) is 4.59. The van der Waals surface area contributed by atoms with Gasteiger partial charge in [-0.05, 0) is 12.5 Å². The highest BCUT2D eigenvalue weighted by Gasteiger charge is 1.94. The molecule has 0 aliphatic rings. The van der Waals surface area contributed by atoms with E-state index in [1.54, 1.807) is 0 Å². The molecule has 1 heterocycles. The summed E-state index contributed by atoms with van der Waals surface area (Å²) in [6.45, 7) is 5.46. The molecule has 8 heavy (non-hydrogen) atoms. The molecule has 0 unspecified atom stereocenters. The van der Waals surface area contributed by atoms with Crippen LogP contribution in [0.5, 0.6) is 0 Å². The molecule has 0 saturated heterocycles. The van der Waals surface area contributed by atoms with E-state index in [4.69, 9.17) is 0 Å². The zero-order valence-electron chi connectivity index (χ0n) is 4.59. The van der Waals surface area contributed by atoms with Crippen molar-refractivity contribution in [3.63, 3.8) is 0 Å². The molecule has 42 valence electrons. The highest BCUT2D eigenvalue weighted by Crippen LogP contribution is 2.05. The standard InChI is InChI=1S/C5H6N2O/c1-4(2)5-3-6-7-8-5/h3H,1H2,2H3. The molecule has 1 aromatic heterocycles. The summed E-state index contributed by atoms with van der Waals surface area (Å²) in [4.78, 5) is 0. The summed E-state index contributed by atoms with van der Waals surface area (Å²) in [6, 6.07) is 0. The van der Waals surface area contributed by atoms with Crippen molar-refractivity contribution in [3.8, 4) is 0 Å². The van der Waals surface area contributed by atoms with Crippen LogP contribution in [0.3, 0.4) is 0 Å². The molecule has 0 aliphatic heterocycles. The Labute approximate surface area is 47.0 Å². The van der Waals surface area contributed by atoms with Crippen LogP contribution in [0.25, 0.3) is 5.57 Å². The van der Waals surface area contributed by atoms with Crippen molar-refractivity contribution >= 4 is 5.57 Å². The first-order valence-electron chi connectivity index (χ1n) is 2.24. The third-order valence-electron chi connectivity index (χ3n) is 0.782. The molecular weight excluding hydrogens is 104 g/mol. The average molecular weight is 110 g/mol. The summed E-state index contributed by atoms with van der Waals surface area (Å²) < 4.78 is 4.63. The van der Waals surface area contributed by atoms with Gasteiger partial charge in [-0.1, -0.05) is 6.58 Å². The van der Waals surface area contributed by atoms with Crippen molar-refractivity contribution < 1.29 is 4.52 Å². The molecule has 0 atom stereocenters. The third-order valence-corrected chi connectivity index (χ3v) is 0.782. The zero-order chi connectivity index (χ0) is 5.98. The van der Waals surface area contributed by atoms with E-state index in [0.29, 0.717) is 5.76 Å². The largest absolute Gasteiger partial charge is 0.337 e.